The highest BCUT2D eigenvalue weighted by Crippen LogP contribution is 2.26. The highest BCUT2D eigenvalue weighted by Gasteiger charge is 2.37. The van der Waals surface area contributed by atoms with Gasteiger partial charge in [0.1, 0.15) is 5.76 Å². The van der Waals surface area contributed by atoms with Gasteiger partial charge in [0.2, 0.25) is 0 Å². The van der Waals surface area contributed by atoms with Gasteiger partial charge in [0.05, 0.1) is 0 Å². The van der Waals surface area contributed by atoms with E-state index in [2.05, 4.69) is 5.32 Å². The number of furan rings is 1. The van der Waals surface area contributed by atoms with Crippen LogP contribution in [0.4, 0.5) is 0 Å². The molecule has 2 aliphatic heterocycles. The molecule has 2 saturated heterocycles. The maximum absolute atomic E-state index is 12.3. The Morgan fingerprint density at radius 3 is 3.11 bits per heavy atom. The summed E-state index contributed by atoms with van der Waals surface area (Å²) in [5.74, 6) is 2.05. The normalized spacial score (nSPS) is 27.3. The summed E-state index contributed by atoms with van der Waals surface area (Å²) in [4.78, 5) is 14.3. The van der Waals surface area contributed by atoms with Crippen molar-refractivity contribution >= 4 is 5.91 Å². The smallest absolute Gasteiger partial charge is 0.289 e. The van der Waals surface area contributed by atoms with Gasteiger partial charge < -0.3 is 14.6 Å². The van der Waals surface area contributed by atoms with Crippen LogP contribution in [0, 0.1) is 5.92 Å². The Morgan fingerprint density at radius 2 is 2.39 bits per heavy atom. The lowest BCUT2D eigenvalue weighted by molar-refractivity contribution is 0.0752. The van der Waals surface area contributed by atoms with Crippen LogP contribution in [0.3, 0.4) is 0 Å². The molecule has 0 aromatic carbocycles. The van der Waals surface area contributed by atoms with Crippen LogP contribution in [0.1, 0.15) is 36.1 Å². The van der Waals surface area contributed by atoms with E-state index in [4.69, 9.17) is 4.42 Å². The van der Waals surface area contributed by atoms with Crippen molar-refractivity contribution in [2.45, 2.75) is 32.2 Å². The minimum absolute atomic E-state index is 0.0471. The van der Waals surface area contributed by atoms with Crippen LogP contribution in [-0.2, 0) is 6.42 Å². The molecule has 3 heterocycles. The summed E-state index contributed by atoms with van der Waals surface area (Å²) in [7, 11) is 0. The quantitative estimate of drug-likeness (QED) is 0.866. The molecule has 2 atom stereocenters. The number of hydrogen-bond donors (Lipinski definition) is 1. The minimum atomic E-state index is 0.0471. The average molecular weight is 248 g/mol. The predicted molar refractivity (Wildman–Crippen MR) is 68.5 cm³/mol. The highest BCUT2D eigenvalue weighted by molar-refractivity contribution is 5.91. The monoisotopic (exact) mass is 248 g/mol. The summed E-state index contributed by atoms with van der Waals surface area (Å²) < 4.78 is 5.55. The molecule has 0 radical (unpaired) electrons. The van der Waals surface area contributed by atoms with E-state index in [1.165, 1.54) is 12.8 Å². The third kappa shape index (κ3) is 2.05. The van der Waals surface area contributed by atoms with Crippen LogP contribution in [0.5, 0.6) is 0 Å². The molecule has 0 unspecified atom stereocenters. The third-order valence-corrected chi connectivity index (χ3v) is 4.11. The minimum Gasteiger partial charge on any atom is -0.456 e. The zero-order valence-electron chi connectivity index (χ0n) is 10.8. The Labute approximate surface area is 107 Å². The van der Waals surface area contributed by atoms with Crippen molar-refractivity contribution in [3.8, 4) is 0 Å². The van der Waals surface area contributed by atoms with Crippen LogP contribution >= 0.6 is 0 Å². The lowest BCUT2D eigenvalue weighted by atomic mass is 9.94. The van der Waals surface area contributed by atoms with Gasteiger partial charge in [0, 0.05) is 25.6 Å². The van der Waals surface area contributed by atoms with Gasteiger partial charge in [0.15, 0.2) is 5.76 Å². The zero-order chi connectivity index (χ0) is 12.5. The van der Waals surface area contributed by atoms with Crippen LogP contribution < -0.4 is 5.32 Å². The van der Waals surface area contributed by atoms with E-state index in [9.17, 15) is 4.79 Å². The molecule has 0 aliphatic carbocycles. The number of piperidine rings is 1. The fraction of sp³-hybridized carbons (Fsp3) is 0.643. The van der Waals surface area contributed by atoms with Crippen LogP contribution in [0.15, 0.2) is 16.5 Å². The van der Waals surface area contributed by atoms with Crippen molar-refractivity contribution in [1.29, 1.82) is 0 Å². The maximum Gasteiger partial charge on any atom is 0.289 e. The van der Waals surface area contributed by atoms with Gasteiger partial charge >= 0.3 is 0 Å². The summed E-state index contributed by atoms with van der Waals surface area (Å²) in [5.41, 5.74) is 0. The Kier molecular flexibility index (Phi) is 3.12. The van der Waals surface area contributed by atoms with E-state index in [1.807, 2.05) is 17.9 Å². The van der Waals surface area contributed by atoms with E-state index >= 15 is 0 Å². The summed E-state index contributed by atoms with van der Waals surface area (Å²) in [6.07, 6.45) is 3.30. The first-order valence-corrected chi connectivity index (χ1v) is 6.89. The van der Waals surface area contributed by atoms with Crippen molar-refractivity contribution < 1.29 is 9.21 Å². The zero-order valence-corrected chi connectivity index (χ0v) is 10.8. The summed E-state index contributed by atoms with van der Waals surface area (Å²) in [6, 6.07) is 4.19. The molecule has 1 N–H and O–H groups in total. The molecule has 0 saturated carbocycles. The standard InChI is InChI=1S/C14H20N2O2/c1-2-11-5-6-13(18-11)14(17)16-8-10-4-3-7-15-12(10)9-16/h5-6,10,12,15H,2-4,7-9H2,1H3/t10-,12+/m0/s1. The van der Waals surface area contributed by atoms with E-state index in [-0.39, 0.29) is 5.91 Å². The fourth-order valence-corrected chi connectivity index (χ4v) is 3.05. The summed E-state index contributed by atoms with van der Waals surface area (Å²) >= 11 is 0. The van der Waals surface area contributed by atoms with E-state index in [1.54, 1.807) is 6.07 Å². The van der Waals surface area contributed by atoms with Gasteiger partial charge in [-0.1, -0.05) is 6.92 Å². The van der Waals surface area contributed by atoms with Crippen molar-refractivity contribution in [1.82, 2.24) is 10.2 Å². The molecule has 4 heteroatoms. The van der Waals surface area contributed by atoms with Crippen molar-refractivity contribution in [2.75, 3.05) is 19.6 Å². The number of amides is 1. The molecule has 4 nitrogen and oxygen atoms in total. The largest absolute Gasteiger partial charge is 0.456 e. The highest BCUT2D eigenvalue weighted by atomic mass is 16.4. The number of aryl methyl sites for hydroxylation is 1. The van der Waals surface area contributed by atoms with Gasteiger partial charge in [0.25, 0.3) is 5.91 Å². The molecule has 2 aliphatic rings. The topological polar surface area (TPSA) is 45.5 Å². The number of nitrogens with zero attached hydrogens (tertiary/aromatic N) is 1. The second-order valence-electron chi connectivity index (χ2n) is 5.29. The molecule has 0 spiro atoms. The summed E-state index contributed by atoms with van der Waals surface area (Å²) in [6.45, 7) is 4.82. The molecule has 1 aromatic heterocycles. The summed E-state index contributed by atoms with van der Waals surface area (Å²) in [5, 5.41) is 3.51. The molecule has 2 fully saturated rings. The van der Waals surface area contributed by atoms with Gasteiger partial charge in [-0.15, -0.1) is 0 Å². The van der Waals surface area contributed by atoms with E-state index in [0.717, 1.165) is 31.8 Å². The molecule has 0 bridgehead atoms. The van der Waals surface area contributed by atoms with Gasteiger partial charge in [-0.25, -0.2) is 0 Å². The van der Waals surface area contributed by atoms with Crippen molar-refractivity contribution in [3.63, 3.8) is 0 Å². The van der Waals surface area contributed by atoms with Crippen LogP contribution in [-0.4, -0.2) is 36.5 Å². The predicted octanol–water partition coefficient (Wildman–Crippen LogP) is 1.67. The molecular weight excluding hydrogens is 228 g/mol. The number of carbonyl (C=O) groups excluding carboxylic acids is 1. The first-order chi connectivity index (χ1) is 8.78. The Balaban J connectivity index is 1.70. The van der Waals surface area contributed by atoms with Crippen molar-refractivity contribution in [3.05, 3.63) is 23.7 Å². The van der Waals surface area contributed by atoms with E-state index < -0.39 is 0 Å². The molecule has 98 valence electrons. The molecule has 18 heavy (non-hydrogen) atoms. The average Bonchev–Trinajstić information content (AvgIpc) is 3.04. The fourth-order valence-electron chi connectivity index (χ4n) is 3.05. The maximum atomic E-state index is 12.3. The van der Waals surface area contributed by atoms with Gasteiger partial charge in [-0.3, -0.25) is 4.79 Å². The second-order valence-corrected chi connectivity index (χ2v) is 5.29. The molecule has 1 aromatic rings. The lowest BCUT2D eigenvalue weighted by Gasteiger charge is -2.24. The number of fused-ring (bicyclic) bond motifs is 1. The first kappa shape index (κ1) is 11.8. The third-order valence-electron chi connectivity index (χ3n) is 4.11. The first-order valence-electron chi connectivity index (χ1n) is 6.89. The van der Waals surface area contributed by atoms with Crippen molar-refractivity contribution in [2.24, 2.45) is 5.92 Å². The van der Waals surface area contributed by atoms with Crippen LogP contribution in [0.2, 0.25) is 0 Å². The van der Waals surface area contributed by atoms with Crippen LogP contribution in [0.25, 0.3) is 0 Å². The lowest BCUT2D eigenvalue weighted by Crippen LogP contribution is -2.41. The van der Waals surface area contributed by atoms with Gasteiger partial charge in [-0.2, -0.15) is 0 Å². The van der Waals surface area contributed by atoms with Gasteiger partial charge in [-0.05, 0) is 37.4 Å². The number of likely N-dealkylation sites (tertiary alicyclic amines) is 1. The Hall–Kier alpha value is -1.29. The number of carbonyl (C=O) groups is 1. The molecule has 1 amide bonds. The molecular formula is C14H20N2O2. The number of nitrogens with one attached hydrogen (secondary N) is 1. The Bertz CT molecular complexity index is 427. The Morgan fingerprint density at radius 1 is 1.50 bits per heavy atom. The molecule has 3 rings (SSSR count). The second kappa shape index (κ2) is 4.76. The number of rotatable bonds is 2. The van der Waals surface area contributed by atoms with E-state index in [0.29, 0.717) is 17.7 Å². The SMILES string of the molecule is CCc1ccc(C(=O)N2C[C@@H]3CCCN[C@@H]3C2)o1. The number of hydrogen-bond acceptors (Lipinski definition) is 3.